The summed E-state index contributed by atoms with van der Waals surface area (Å²) in [6.45, 7) is 5.78. The minimum Gasteiger partial charge on any atom is -0.497 e. The van der Waals surface area contributed by atoms with Crippen LogP contribution in [0.2, 0.25) is 0 Å². The van der Waals surface area contributed by atoms with Crippen LogP contribution in [0.3, 0.4) is 0 Å². The zero-order valence-electron chi connectivity index (χ0n) is 13.0. The van der Waals surface area contributed by atoms with Gasteiger partial charge in [0.25, 0.3) is 0 Å². The molecule has 21 heavy (non-hydrogen) atoms. The van der Waals surface area contributed by atoms with E-state index in [9.17, 15) is 0 Å². The first-order chi connectivity index (χ1) is 10.2. The summed E-state index contributed by atoms with van der Waals surface area (Å²) in [5.74, 6) is 0.862. The van der Waals surface area contributed by atoms with Crippen LogP contribution in [0.5, 0.6) is 5.75 Å². The lowest BCUT2D eigenvalue weighted by molar-refractivity contribution is 0.414. The molecule has 0 aliphatic carbocycles. The highest BCUT2D eigenvalue weighted by Crippen LogP contribution is 2.29. The Morgan fingerprint density at radius 3 is 2.38 bits per heavy atom. The van der Waals surface area contributed by atoms with E-state index in [0.717, 1.165) is 23.5 Å². The molecule has 0 unspecified atom stereocenters. The number of ether oxygens (including phenoxy) is 1. The summed E-state index contributed by atoms with van der Waals surface area (Å²) in [6, 6.07) is 17.0. The van der Waals surface area contributed by atoms with Crippen molar-refractivity contribution in [2.75, 3.05) is 12.0 Å². The maximum Gasteiger partial charge on any atom is 0.120 e. The van der Waals surface area contributed by atoms with Crippen LogP contribution in [0, 0.1) is 0 Å². The van der Waals surface area contributed by atoms with Gasteiger partial charge in [-0.15, -0.1) is 0 Å². The zero-order chi connectivity index (χ0) is 15.2. The summed E-state index contributed by atoms with van der Waals surface area (Å²) in [4.78, 5) is 2.36. The van der Waals surface area contributed by atoms with Crippen molar-refractivity contribution >= 4 is 5.69 Å². The molecule has 0 saturated heterocycles. The van der Waals surface area contributed by atoms with Crippen LogP contribution in [0.15, 0.2) is 48.5 Å². The van der Waals surface area contributed by atoms with E-state index >= 15 is 0 Å². The molecular weight excluding hydrogens is 260 g/mol. The zero-order valence-corrected chi connectivity index (χ0v) is 13.0. The second kappa shape index (κ2) is 7.14. The van der Waals surface area contributed by atoms with Gasteiger partial charge < -0.3 is 15.4 Å². The molecule has 112 valence electrons. The Bertz CT molecular complexity index is 567. The molecule has 2 N–H and O–H groups in total. The van der Waals surface area contributed by atoms with Crippen LogP contribution in [-0.2, 0) is 13.1 Å². The van der Waals surface area contributed by atoms with Gasteiger partial charge in [0.1, 0.15) is 5.75 Å². The normalized spacial score (nSPS) is 10.7. The minimum atomic E-state index is 0.377. The van der Waals surface area contributed by atoms with Crippen LogP contribution < -0.4 is 15.4 Å². The van der Waals surface area contributed by atoms with Crippen molar-refractivity contribution in [3.8, 4) is 5.75 Å². The molecular formula is C18H24N2O. The SMILES string of the molecule is COc1ccc(CN)c(N(Cc2ccccc2)C(C)C)c1. The lowest BCUT2D eigenvalue weighted by Crippen LogP contribution is -2.31. The van der Waals surface area contributed by atoms with Gasteiger partial charge >= 0.3 is 0 Å². The second-order valence-corrected chi connectivity index (χ2v) is 5.41. The van der Waals surface area contributed by atoms with E-state index in [1.54, 1.807) is 7.11 Å². The van der Waals surface area contributed by atoms with E-state index in [-0.39, 0.29) is 0 Å². The highest BCUT2D eigenvalue weighted by Gasteiger charge is 2.15. The van der Waals surface area contributed by atoms with Gasteiger partial charge in [-0.1, -0.05) is 36.4 Å². The first-order valence-electron chi connectivity index (χ1n) is 7.33. The van der Waals surface area contributed by atoms with Gasteiger partial charge in [0.2, 0.25) is 0 Å². The molecule has 0 heterocycles. The third-order valence-corrected chi connectivity index (χ3v) is 3.64. The number of nitrogens with two attached hydrogens (primary N) is 1. The molecule has 0 aromatic heterocycles. The van der Waals surface area contributed by atoms with E-state index in [0.29, 0.717) is 12.6 Å². The summed E-state index contributed by atoms with van der Waals surface area (Å²) in [6.07, 6.45) is 0. The van der Waals surface area contributed by atoms with Crippen molar-refractivity contribution < 1.29 is 4.74 Å². The predicted octanol–water partition coefficient (Wildman–Crippen LogP) is 3.57. The average molecular weight is 284 g/mol. The molecule has 0 fully saturated rings. The van der Waals surface area contributed by atoms with Crippen molar-refractivity contribution in [1.29, 1.82) is 0 Å². The van der Waals surface area contributed by atoms with Gasteiger partial charge in [0, 0.05) is 30.9 Å². The molecule has 0 aliphatic heterocycles. The lowest BCUT2D eigenvalue weighted by atomic mass is 10.1. The van der Waals surface area contributed by atoms with E-state index < -0.39 is 0 Å². The maximum atomic E-state index is 5.91. The fourth-order valence-corrected chi connectivity index (χ4v) is 2.44. The van der Waals surface area contributed by atoms with Crippen LogP contribution in [0.25, 0.3) is 0 Å². The molecule has 3 heteroatoms. The van der Waals surface area contributed by atoms with Gasteiger partial charge in [0.15, 0.2) is 0 Å². The van der Waals surface area contributed by atoms with Crippen molar-refractivity contribution in [3.05, 3.63) is 59.7 Å². The number of hydrogen-bond acceptors (Lipinski definition) is 3. The fraction of sp³-hybridized carbons (Fsp3) is 0.333. The van der Waals surface area contributed by atoms with Gasteiger partial charge in [-0.2, -0.15) is 0 Å². The topological polar surface area (TPSA) is 38.5 Å². The maximum absolute atomic E-state index is 5.91. The first kappa shape index (κ1) is 15.4. The number of rotatable bonds is 6. The quantitative estimate of drug-likeness (QED) is 0.881. The monoisotopic (exact) mass is 284 g/mol. The first-order valence-corrected chi connectivity index (χ1v) is 7.33. The van der Waals surface area contributed by atoms with Gasteiger partial charge in [-0.25, -0.2) is 0 Å². The largest absolute Gasteiger partial charge is 0.497 e. The van der Waals surface area contributed by atoms with Crippen molar-refractivity contribution in [1.82, 2.24) is 0 Å². The summed E-state index contributed by atoms with van der Waals surface area (Å²) in [7, 11) is 1.69. The molecule has 3 nitrogen and oxygen atoms in total. The Balaban J connectivity index is 2.37. The summed E-state index contributed by atoms with van der Waals surface area (Å²) in [5, 5.41) is 0. The van der Waals surface area contributed by atoms with Crippen LogP contribution in [0.1, 0.15) is 25.0 Å². The van der Waals surface area contributed by atoms with Crippen LogP contribution in [-0.4, -0.2) is 13.2 Å². The Labute approximate surface area is 127 Å². The van der Waals surface area contributed by atoms with E-state index in [1.807, 2.05) is 12.1 Å². The Kier molecular flexibility index (Phi) is 5.23. The van der Waals surface area contributed by atoms with Crippen molar-refractivity contribution in [2.45, 2.75) is 33.0 Å². The molecule has 0 amide bonds. The molecule has 0 bridgehead atoms. The van der Waals surface area contributed by atoms with Crippen LogP contribution >= 0.6 is 0 Å². The van der Waals surface area contributed by atoms with Gasteiger partial charge in [-0.3, -0.25) is 0 Å². The predicted molar refractivity (Wildman–Crippen MR) is 88.6 cm³/mol. The van der Waals surface area contributed by atoms with Crippen LogP contribution in [0.4, 0.5) is 5.69 Å². The Morgan fingerprint density at radius 2 is 1.81 bits per heavy atom. The molecule has 0 spiro atoms. The Morgan fingerprint density at radius 1 is 1.10 bits per heavy atom. The number of benzene rings is 2. The average Bonchev–Trinajstić information content (AvgIpc) is 2.52. The Hall–Kier alpha value is -2.00. The molecule has 0 radical (unpaired) electrons. The summed E-state index contributed by atoms with van der Waals surface area (Å²) < 4.78 is 5.37. The third kappa shape index (κ3) is 3.76. The highest BCUT2D eigenvalue weighted by atomic mass is 16.5. The third-order valence-electron chi connectivity index (χ3n) is 3.64. The van der Waals surface area contributed by atoms with Crippen molar-refractivity contribution in [3.63, 3.8) is 0 Å². The molecule has 2 aromatic carbocycles. The lowest BCUT2D eigenvalue weighted by Gasteiger charge is -2.31. The van der Waals surface area contributed by atoms with Gasteiger partial charge in [0.05, 0.1) is 7.11 Å². The highest BCUT2D eigenvalue weighted by molar-refractivity contribution is 5.58. The number of hydrogen-bond donors (Lipinski definition) is 1. The van der Waals surface area contributed by atoms with E-state index in [4.69, 9.17) is 10.5 Å². The fourth-order valence-electron chi connectivity index (χ4n) is 2.44. The molecule has 2 aromatic rings. The van der Waals surface area contributed by atoms with Gasteiger partial charge in [-0.05, 0) is 31.0 Å². The molecule has 0 aliphatic rings. The second-order valence-electron chi connectivity index (χ2n) is 5.41. The number of nitrogens with zero attached hydrogens (tertiary/aromatic N) is 1. The number of anilines is 1. The summed E-state index contributed by atoms with van der Waals surface area (Å²) >= 11 is 0. The minimum absolute atomic E-state index is 0.377. The van der Waals surface area contributed by atoms with E-state index in [1.165, 1.54) is 5.56 Å². The smallest absolute Gasteiger partial charge is 0.120 e. The molecule has 0 saturated carbocycles. The standard InChI is InChI=1S/C18H24N2O/c1-14(2)20(13-15-7-5-4-6-8-15)18-11-17(21-3)10-9-16(18)12-19/h4-11,14H,12-13,19H2,1-3H3. The van der Waals surface area contributed by atoms with Crippen molar-refractivity contribution in [2.24, 2.45) is 5.73 Å². The molecule has 0 atom stereocenters. The number of methoxy groups -OCH3 is 1. The van der Waals surface area contributed by atoms with E-state index in [2.05, 4.69) is 55.1 Å². The summed E-state index contributed by atoms with van der Waals surface area (Å²) in [5.41, 5.74) is 9.48. The molecule has 2 rings (SSSR count).